The van der Waals surface area contributed by atoms with Gasteiger partial charge in [-0.3, -0.25) is 9.67 Å². The Bertz CT molecular complexity index is 1640. The minimum atomic E-state index is -1.07. The molecule has 0 atom stereocenters. The quantitative estimate of drug-likeness (QED) is 0.380. The van der Waals surface area contributed by atoms with E-state index in [1.807, 2.05) is 61.7 Å². The predicted octanol–water partition coefficient (Wildman–Crippen LogP) is 3.98. The highest BCUT2D eigenvalue weighted by Crippen LogP contribution is 2.33. The van der Waals surface area contributed by atoms with Gasteiger partial charge in [-0.05, 0) is 55.0 Å². The summed E-state index contributed by atoms with van der Waals surface area (Å²) < 4.78 is 3.39. The molecule has 0 spiro atoms. The van der Waals surface area contributed by atoms with Crippen LogP contribution in [0.25, 0.3) is 34.2 Å². The van der Waals surface area contributed by atoms with Crippen LogP contribution in [0.5, 0.6) is 0 Å². The van der Waals surface area contributed by atoms with Gasteiger partial charge < -0.3 is 5.11 Å². The Morgan fingerprint density at radius 3 is 2.80 bits per heavy atom. The van der Waals surface area contributed by atoms with Gasteiger partial charge in [0.2, 0.25) is 0 Å². The van der Waals surface area contributed by atoms with E-state index in [0.717, 1.165) is 28.5 Å². The lowest BCUT2D eigenvalue weighted by atomic mass is 10.0. The van der Waals surface area contributed by atoms with Crippen LogP contribution >= 0.6 is 0 Å². The fourth-order valence-corrected chi connectivity index (χ4v) is 3.94. The minimum absolute atomic E-state index is 0.445. The highest BCUT2D eigenvalue weighted by molar-refractivity contribution is 5.89. The standard InChI is InChI=1S/C26H19N7O2/c1-17-4-2-7-22(30-17)26-21(15-32(31-26)14-19-6-3-5-18(12-19)13-27)20-8-10-24-28-16-29-33(24)23(20)9-11-25(34)35/h2-12,15-16H,14H2,1H3,(H,34,35). The van der Waals surface area contributed by atoms with E-state index in [9.17, 15) is 15.2 Å². The van der Waals surface area contributed by atoms with Crippen LogP contribution in [0.4, 0.5) is 0 Å². The highest BCUT2D eigenvalue weighted by Gasteiger charge is 2.19. The third-order valence-electron chi connectivity index (χ3n) is 5.44. The predicted molar refractivity (Wildman–Crippen MR) is 129 cm³/mol. The molecule has 5 rings (SSSR count). The zero-order valence-electron chi connectivity index (χ0n) is 18.7. The van der Waals surface area contributed by atoms with Crippen molar-refractivity contribution in [2.75, 3.05) is 0 Å². The molecule has 0 saturated carbocycles. The van der Waals surface area contributed by atoms with Crippen LogP contribution in [-0.2, 0) is 11.3 Å². The van der Waals surface area contributed by atoms with Crippen LogP contribution < -0.4 is 0 Å². The second kappa shape index (κ2) is 9.03. The summed E-state index contributed by atoms with van der Waals surface area (Å²) in [4.78, 5) is 20.2. The van der Waals surface area contributed by atoms with Gasteiger partial charge in [-0.15, -0.1) is 0 Å². The van der Waals surface area contributed by atoms with Crippen molar-refractivity contribution in [3.8, 4) is 28.6 Å². The monoisotopic (exact) mass is 461 g/mol. The number of fused-ring (bicyclic) bond motifs is 1. The number of nitrogens with zero attached hydrogens (tertiary/aromatic N) is 7. The van der Waals surface area contributed by atoms with E-state index in [4.69, 9.17) is 5.10 Å². The lowest BCUT2D eigenvalue weighted by Crippen LogP contribution is -2.01. The van der Waals surface area contributed by atoms with Crippen molar-refractivity contribution >= 4 is 17.7 Å². The number of carboxylic acid groups (broad SMARTS) is 1. The number of hydrogen-bond donors (Lipinski definition) is 1. The lowest BCUT2D eigenvalue weighted by Gasteiger charge is -2.08. The fourth-order valence-electron chi connectivity index (χ4n) is 3.94. The topological polar surface area (TPSA) is 122 Å². The Balaban J connectivity index is 1.71. The normalized spacial score (nSPS) is 11.2. The van der Waals surface area contributed by atoms with Crippen molar-refractivity contribution in [1.29, 1.82) is 5.26 Å². The number of pyridine rings is 2. The summed E-state index contributed by atoms with van der Waals surface area (Å²) in [5.41, 5.74) is 6.34. The maximum Gasteiger partial charge on any atom is 0.328 e. The molecule has 1 N–H and O–H groups in total. The lowest BCUT2D eigenvalue weighted by molar-refractivity contribution is -0.131. The molecule has 9 heteroatoms. The van der Waals surface area contributed by atoms with E-state index in [2.05, 4.69) is 21.1 Å². The Morgan fingerprint density at radius 2 is 2.00 bits per heavy atom. The molecule has 4 aromatic heterocycles. The molecule has 0 aliphatic heterocycles. The molecular weight excluding hydrogens is 442 g/mol. The molecule has 35 heavy (non-hydrogen) atoms. The van der Waals surface area contributed by atoms with Gasteiger partial charge >= 0.3 is 5.97 Å². The summed E-state index contributed by atoms with van der Waals surface area (Å²) in [6.45, 7) is 2.36. The number of benzene rings is 1. The number of aromatic nitrogens is 6. The summed E-state index contributed by atoms with van der Waals surface area (Å²) in [5, 5.41) is 27.6. The summed E-state index contributed by atoms with van der Waals surface area (Å²) in [6, 6.07) is 18.9. The van der Waals surface area contributed by atoms with Crippen molar-refractivity contribution in [1.82, 2.24) is 29.4 Å². The first-order valence-electron chi connectivity index (χ1n) is 10.8. The molecule has 5 aromatic rings. The average molecular weight is 461 g/mol. The number of aryl methyl sites for hydroxylation is 1. The first-order chi connectivity index (χ1) is 17.0. The van der Waals surface area contributed by atoms with Crippen LogP contribution in [-0.4, -0.2) is 40.4 Å². The summed E-state index contributed by atoms with van der Waals surface area (Å²) >= 11 is 0. The SMILES string of the molecule is Cc1cccc(-c2nn(Cc3cccc(C#N)c3)cc2-c2ccc3ncnn3c2C=CC(=O)O)n1. The van der Waals surface area contributed by atoms with E-state index >= 15 is 0 Å². The first-order valence-corrected chi connectivity index (χ1v) is 10.8. The van der Waals surface area contributed by atoms with E-state index in [-0.39, 0.29) is 0 Å². The molecule has 170 valence electrons. The molecule has 0 fully saturated rings. The van der Waals surface area contributed by atoms with Crippen LogP contribution in [0.2, 0.25) is 0 Å². The van der Waals surface area contributed by atoms with Crippen molar-refractivity contribution in [2.45, 2.75) is 13.5 Å². The first kappa shape index (κ1) is 21.7. The van der Waals surface area contributed by atoms with Gasteiger partial charge in [0.25, 0.3) is 0 Å². The van der Waals surface area contributed by atoms with Gasteiger partial charge in [0.05, 0.1) is 29.6 Å². The molecule has 0 bridgehead atoms. The molecule has 0 saturated heterocycles. The third kappa shape index (κ3) is 4.41. The zero-order chi connectivity index (χ0) is 24.4. The number of aliphatic carboxylic acids is 1. The summed E-state index contributed by atoms with van der Waals surface area (Å²) in [5.74, 6) is -1.07. The van der Waals surface area contributed by atoms with Gasteiger partial charge in [-0.25, -0.2) is 14.3 Å². The van der Waals surface area contributed by atoms with Gasteiger partial charge in [0.1, 0.15) is 12.0 Å². The van der Waals surface area contributed by atoms with Crippen molar-refractivity contribution in [2.24, 2.45) is 0 Å². The smallest absolute Gasteiger partial charge is 0.328 e. The summed E-state index contributed by atoms with van der Waals surface area (Å²) in [6.07, 6.45) is 5.89. The van der Waals surface area contributed by atoms with E-state index in [0.29, 0.717) is 34.8 Å². The Hall–Kier alpha value is -5.10. The largest absolute Gasteiger partial charge is 0.478 e. The fraction of sp³-hybridized carbons (Fsp3) is 0.0769. The van der Waals surface area contributed by atoms with Crippen LogP contribution in [0, 0.1) is 18.3 Å². The maximum absolute atomic E-state index is 11.3. The molecule has 0 radical (unpaired) electrons. The van der Waals surface area contributed by atoms with Crippen molar-refractivity contribution in [3.63, 3.8) is 0 Å². The number of carboxylic acids is 1. The Kier molecular flexibility index (Phi) is 5.61. The van der Waals surface area contributed by atoms with Crippen LogP contribution in [0.3, 0.4) is 0 Å². The van der Waals surface area contributed by atoms with Gasteiger partial charge in [-0.1, -0.05) is 18.2 Å². The molecule has 0 aliphatic carbocycles. The average Bonchev–Trinajstić information content (AvgIpc) is 3.50. The molecule has 9 nitrogen and oxygen atoms in total. The number of nitriles is 1. The Morgan fingerprint density at radius 1 is 1.14 bits per heavy atom. The van der Waals surface area contributed by atoms with E-state index < -0.39 is 5.97 Å². The minimum Gasteiger partial charge on any atom is -0.478 e. The number of rotatable bonds is 6. The zero-order valence-corrected chi connectivity index (χ0v) is 18.7. The third-order valence-corrected chi connectivity index (χ3v) is 5.44. The molecule has 4 heterocycles. The Labute approximate surface area is 200 Å². The van der Waals surface area contributed by atoms with Gasteiger partial charge in [-0.2, -0.15) is 15.5 Å². The molecule has 0 unspecified atom stereocenters. The highest BCUT2D eigenvalue weighted by atomic mass is 16.4. The number of carbonyl (C=O) groups is 1. The van der Waals surface area contributed by atoms with Gasteiger partial charge in [0.15, 0.2) is 5.65 Å². The van der Waals surface area contributed by atoms with Crippen molar-refractivity contribution < 1.29 is 9.90 Å². The maximum atomic E-state index is 11.3. The summed E-state index contributed by atoms with van der Waals surface area (Å²) in [7, 11) is 0. The molecular formula is C26H19N7O2. The van der Waals surface area contributed by atoms with Gasteiger partial charge in [0, 0.05) is 29.1 Å². The molecule has 0 amide bonds. The van der Waals surface area contributed by atoms with Crippen LogP contribution in [0.15, 0.2) is 73.2 Å². The van der Waals surface area contributed by atoms with E-state index in [1.54, 1.807) is 15.3 Å². The molecule has 0 aliphatic rings. The second-order valence-electron chi connectivity index (χ2n) is 7.90. The van der Waals surface area contributed by atoms with Crippen molar-refractivity contribution in [3.05, 3.63) is 95.7 Å². The molecule has 1 aromatic carbocycles. The number of hydrogen-bond acceptors (Lipinski definition) is 6. The van der Waals surface area contributed by atoms with Crippen LogP contribution in [0.1, 0.15) is 22.5 Å². The second-order valence-corrected chi connectivity index (χ2v) is 7.90. The van der Waals surface area contributed by atoms with E-state index in [1.165, 1.54) is 12.4 Å².